The predicted molar refractivity (Wildman–Crippen MR) is 166 cm³/mol. The van der Waals surface area contributed by atoms with Gasteiger partial charge in [0.2, 0.25) is 5.52 Å². The van der Waals surface area contributed by atoms with Gasteiger partial charge in [0.25, 0.3) is 5.01 Å². The number of hydrogen-bond donors (Lipinski definition) is 0. The van der Waals surface area contributed by atoms with E-state index in [1.807, 2.05) is 52.8 Å². The van der Waals surface area contributed by atoms with E-state index in [2.05, 4.69) is 12.2 Å². The molecule has 6 rings (SSSR count). The van der Waals surface area contributed by atoms with Gasteiger partial charge in [0.1, 0.15) is 15.9 Å². The fourth-order valence-corrected chi connectivity index (χ4v) is 8.64. The molecule has 0 bridgehead atoms. The van der Waals surface area contributed by atoms with Crippen LogP contribution in [0.15, 0.2) is 79.3 Å². The monoisotopic (exact) mass is 659 g/mol. The molecule has 226 valence electrons. The molecule has 0 radical (unpaired) electrons. The highest BCUT2D eigenvalue weighted by molar-refractivity contribution is 8.03. The van der Waals surface area contributed by atoms with Gasteiger partial charge in [-0.1, -0.05) is 30.0 Å². The lowest BCUT2D eigenvalue weighted by Gasteiger charge is -2.22. The molecule has 1 aliphatic heterocycles. The number of aromatic nitrogens is 1. The van der Waals surface area contributed by atoms with Crippen molar-refractivity contribution in [1.82, 2.24) is 0 Å². The third-order valence-electron chi connectivity index (χ3n) is 7.22. The van der Waals surface area contributed by atoms with Gasteiger partial charge >= 0.3 is 0 Å². The summed E-state index contributed by atoms with van der Waals surface area (Å²) in [5.41, 5.74) is 4.25. The number of furan rings is 2. The van der Waals surface area contributed by atoms with Gasteiger partial charge in [0.15, 0.2) is 6.54 Å². The molecule has 14 heteroatoms. The summed E-state index contributed by atoms with van der Waals surface area (Å²) in [7, 11) is -8.71. The Morgan fingerprint density at radius 3 is 2.33 bits per heavy atom. The van der Waals surface area contributed by atoms with Gasteiger partial charge in [0, 0.05) is 40.8 Å². The van der Waals surface area contributed by atoms with Crippen LogP contribution < -0.4 is 9.47 Å². The number of nitrogens with zero attached hydrogens (tertiary/aromatic N) is 2. The molecule has 4 heterocycles. The molecule has 3 aromatic heterocycles. The Balaban J connectivity index is 1.42. The largest absolute Gasteiger partial charge is 0.748 e. The minimum Gasteiger partial charge on any atom is -0.748 e. The molecular formula is C29H27N2O8S4-. The molecule has 0 amide bonds. The van der Waals surface area contributed by atoms with Crippen LogP contribution in [-0.2, 0) is 26.8 Å². The molecule has 2 aromatic carbocycles. The van der Waals surface area contributed by atoms with Gasteiger partial charge in [-0.3, -0.25) is 0 Å². The van der Waals surface area contributed by atoms with Crippen molar-refractivity contribution in [3.63, 3.8) is 0 Å². The smallest absolute Gasteiger partial charge is 0.263 e. The van der Waals surface area contributed by atoms with E-state index in [1.165, 1.54) is 0 Å². The topological polar surface area (TPSA) is 148 Å². The SMILES string of the molecule is CCC(/C=C1\Sc2ccc3occc3c2N1CCCS(=O)(=O)[O-])=C\c1sc2ccc3occc3c2[n+]1CCCS(=O)(=O)[O-]. The minimum atomic E-state index is -4.35. The van der Waals surface area contributed by atoms with Crippen molar-refractivity contribution in [2.45, 2.75) is 37.6 Å². The summed E-state index contributed by atoms with van der Waals surface area (Å²) in [6, 6.07) is 11.5. The van der Waals surface area contributed by atoms with Crippen LogP contribution >= 0.6 is 23.1 Å². The highest BCUT2D eigenvalue weighted by atomic mass is 32.2. The van der Waals surface area contributed by atoms with Crippen molar-refractivity contribution >= 4 is 87.3 Å². The first-order valence-corrected chi connectivity index (χ1v) is 18.4. The second-order valence-corrected chi connectivity index (χ2v) is 15.3. The predicted octanol–water partition coefficient (Wildman–Crippen LogP) is 5.80. The Kier molecular flexibility index (Phi) is 8.17. The minimum absolute atomic E-state index is 0.169. The van der Waals surface area contributed by atoms with Crippen LogP contribution in [0.4, 0.5) is 5.69 Å². The molecule has 0 saturated heterocycles. The molecule has 0 N–H and O–H groups in total. The first-order valence-electron chi connectivity index (χ1n) is 13.6. The van der Waals surface area contributed by atoms with Crippen LogP contribution in [0.1, 0.15) is 31.2 Å². The highest BCUT2D eigenvalue weighted by Crippen LogP contribution is 2.50. The van der Waals surface area contributed by atoms with E-state index in [0.717, 1.165) is 47.2 Å². The summed E-state index contributed by atoms with van der Waals surface area (Å²) in [5.74, 6) is -0.921. The van der Waals surface area contributed by atoms with Crippen LogP contribution in [-0.4, -0.2) is 44.0 Å². The maximum Gasteiger partial charge on any atom is 0.263 e. The number of aryl methyl sites for hydroxylation is 1. The Labute approximate surface area is 256 Å². The Morgan fingerprint density at radius 2 is 1.60 bits per heavy atom. The van der Waals surface area contributed by atoms with Crippen molar-refractivity contribution in [2.24, 2.45) is 0 Å². The first-order chi connectivity index (χ1) is 20.5. The number of rotatable bonds is 11. The van der Waals surface area contributed by atoms with Crippen LogP contribution in [0.2, 0.25) is 0 Å². The first kappa shape index (κ1) is 29.9. The van der Waals surface area contributed by atoms with Crippen molar-refractivity contribution in [2.75, 3.05) is 23.0 Å². The van der Waals surface area contributed by atoms with Crippen molar-refractivity contribution in [3.05, 3.63) is 70.6 Å². The van der Waals surface area contributed by atoms with Gasteiger partial charge in [-0.2, -0.15) is 4.57 Å². The summed E-state index contributed by atoms with van der Waals surface area (Å²) in [6.45, 7) is 2.70. The fourth-order valence-electron chi connectivity index (χ4n) is 5.32. The molecule has 0 unspecified atom stereocenters. The number of benzene rings is 2. The lowest BCUT2D eigenvalue weighted by Crippen LogP contribution is -2.36. The summed E-state index contributed by atoms with van der Waals surface area (Å²) in [6.07, 6.45) is 8.37. The normalized spacial score (nSPS) is 15.5. The quantitative estimate of drug-likeness (QED) is 0.126. The fraction of sp³-hybridized carbons (Fsp3) is 0.276. The van der Waals surface area contributed by atoms with Gasteiger partial charge < -0.3 is 22.8 Å². The number of fused-ring (bicyclic) bond motifs is 6. The zero-order valence-corrected chi connectivity index (χ0v) is 26.3. The molecule has 1 aliphatic rings. The third kappa shape index (κ3) is 6.40. The van der Waals surface area contributed by atoms with Crippen LogP contribution in [0, 0.1) is 0 Å². The number of hydrogen-bond acceptors (Lipinski definition) is 11. The number of thioether (sulfide) groups is 1. The van der Waals surface area contributed by atoms with Crippen molar-refractivity contribution in [1.29, 1.82) is 0 Å². The average molecular weight is 660 g/mol. The lowest BCUT2D eigenvalue weighted by atomic mass is 10.1. The highest BCUT2D eigenvalue weighted by Gasteiger charge is 2.29. The Morgan fingerprint density at radius 1 is 0.930 bits per heavy atom. The van der Waals surface area contributed by atoms with Gasteiger partial charge in [-0.05, 0) is 60.9 Å². The lowest BCUT2D eigenvalue weighted by molar-refractivity contribution is -0.667. The van der Waals surface area contributed by atoms with E-state index in [-0.39, 0.29) is 12.8 Å². The summed E-state index contributed by atoms with van der Waals surface area (Å²) in [4.78, 5) is 3.04. The number of thiazole rings is 1. The molecule has 43 heavy (non-hydrogen) atoms. The third-order valence-corrected chi connectivity index (χ3v) is 11.0. The molecule has 0 atom stereocenters. The van der Waals surface area contributed by atoms with E-state index in [4.69, 9.17) is 8.83 Å². The van der Waals surface area contributed by atoms with Crippen molar-refractivity contribution < 1.29 is 39.3 Å². The maximum absolute atomic E-state index is 11.4. The van der Waals surface area contributed by atoms with Crippen LogP contribution in [0.5, 0.6) is 0 Å². The average Bonchev–Trinajstić information content (AvgIpc) is 3.71. The molecular weight excluding hydrogens is 633 g/mol. The van der Waals surface area contributed by atoms with E-state index in [9.17, 15) is 25.9 Å². The molecule has 0 saturated carbocycles. The van der Waals surface area contributed by atoms with E-state index < -0.39 is 31.7 Å². The standard InChI is InChI=1S/C29H28N2O8S4/c1-2-19(17-26-30(11-3-15-42(32,33)34)28-20-9-13-38-22(20)5-7-24(28)40-26)18-27-31(12-4-16-43(35,36)37)29-21-10-14-39-23(21)6-8-25(29)41-27/h5-10,13-14,17-18H,2-4,11-12,15-16H2,1H3,(H-,32,33,34,35,36,37)/p-1. The maximum atomic E-state index is 11.4. The number of anilines is 1. The second-order valence-electron chi connectivity index (χ2n) is 10.1. The molecule has 0 fully saturated rings. The van der Waals surface area contributed by atoms with Gasteiger partial charge in [-0.15, -0.1) is 0 Å². The van der Waals surface area contributed by atoms with Gasteiger partial charge in [-0.25, -0.2) is 16.8 Å². The molecule has 10 nitrogen and oxygen atoms in total. The molecule has 0 spiro atoms. The van der Waals surface area contributed by atoms with Crippen LogP contribution in [0.3, 0.4) is 0 Å². The summed E-state index contributed by atoms with van der Waals surface area (Å²) < 4.78 is 82.4. The second kappa shape index (κ2) is 11.7. The van der Waals surface area contributed by atoms with Crippen LogP contribution in [0.25, 0.3) is 38.2 Å². The van der Waals surface area contributed by atoms with Gasteiger partial charge in [0.05, 0.1) is 48.9 Å². The Hall–Kier alpha value is -3.14. The van der Waals surface area contributed by atoms with E-state index in [0.29, 0.717) is 30.7 Å². The zero-order chi connectivity index (χ0) is 30.4. The summed E-state index contributed by atoms with van der Waals surface area (Å²) in [5, 5.41) is 3.59. The van der Waals surface area contributed by atoms with E-state index >= 15 is 0 Å². The summed E-state index contributed by atoms with van der Waals surface area (Å²) >= 11 is 3.13. The zero-order valence-electron chi connectivity index (χ0n) is 23.0. The number of allylic oxidation sites excluding steroid dienone is 2. The Bertz CT molecular complexity index is 2120. The van der Waals surface area contributed by atoms with Crippen molar-refractivity contribution in [3.8, 4) is 0 Å². The molecule has 5 aromatic rings. The van der Waals surface area contributed by atoms with E-state index in [1.54, 1.807) is 35.6 Å². The molecule has 0 aliphatic carbocycles.